The molecule has 2 aromatic rings. The Bertz CT molecular complexity index is 684. The second-order valence-corrected chi connectivity index (χ2v) is 5.58. The second-order valence-electron chi connectivity index (χ2n) is 5.58. The van der Waals surface area contributed by atoms with Gasteiger partial charge in [-0.25, -0.2) is 14.8 Å². The SMILES string of the molecule is COC(=O)c1ccccc1Nc1cc(NC2CCCC2)ncn1. The molecule has 1 saturated carbocycles. The molecule has 6 nitrogen and oxygen atoms in total. The van der Waals surface area contributed by atoms with Crippen LogP contribution >= 0.6 is 0 Å². The van der Waals surface area contributed by atoms with E-state index in [1.807, 2.05) is 18.2 Å². The minimum Gasteiger partial charge on any atom is -0.465 e. The van der Waals surface area contributed by atoms with Gasteiger partial charge in [0.2, 0.25) is 0 Å². The molecule has 0 saturated heterocycles. The fourth-order valence-electron chi connectivity index (χ4n) is 2.80. The Labute approximate surface area is 135 Å². The number of nitrogens with zero attached hydrogens (tertiary/aromatic N) is 2. The van der Waals surface area contributed by atoms with Crippen LogP contribution in [0.4, 0.5) is 17.3 Å². The fourth-order valence-corrected chi connectivity index (χ4v) is 2.80. The van der Waals surface area contributed by atoms with Gasteiger partial charge in [0.25, 0.3) is 0 Å². The van der Waals surface area contributed by atoms with Crippen molar-refractivity contribution in [1.82, 2.24) is 9.97 Å². The number of hydrogen-bond donors (Lipinski definition) is 2. The molecule has 3 rings (SSSR count). The van der Waals surface area contributed by atoms with Crippen molar-refractivity contribution in [1.29, 1.82) is 0 Å². The summed E-state index contributed by atoms with van der Waals surface area (Å²) in [5.41, 5.74) is 1.13. The number of para-hydroxylation sites is 1. The zero-order chi connectivity index (χ0) is 16.1. The van der Waals surface area contributed by atoms with E-state index in [4.69, 9.17) is 4.74 Å². The van der Waals surface area contributed by atoms with Crippen LogP contribution in [0.1, 0.15) is 36.0 Å². The van der Waals surface area contributed by atoms with Crippen LogP contribution in [-0.4, -0.2) is 29.1 Å². The predicted molar refractivity (Wildman–Crippen MR) is 89.0 cm³/mol. The number of ether oxygens (including phenoxy) is 1. The van der Waals surface area contributed by atoms with Gasteiger partial charge < -0.3 is 15.4 Å². The molecule has 1 fully saturated rings. The monoisotopic (exact) mass is 312 g/mol. The highest BCUT2D eigenvalue weighted by Crippen LogP contribution is 2.24. The molecule has 1 aliphatic carbocycles. The van der Waals surface area contributed by atoms with E-state index in [-0.39, 0.29) is 5.97 Å². The van der Waals surface area contributed by atoms with Gasteiger partial charge in [-0.3, -0.25) is 0 Å². The third kappa shape index (κ3) is 3.77. The molecule has 6 heteroatoms. The van der Waals surface area contributed by atoms with E-state index in [0.29, 0.717) is 23.1 Å². The van der Waals surface area contributed by atoms with Crippen LogP contribution in [0.25, 0.3) is 0 Å². The lowest BCUT2D eigenvalue weighted by molar-refractivity contribution is 0.0602. The lowest BCUT2D eigenvalue weighted by Crippen LogP contribution is -2.15. The van der Waals surface area contributed by atoms with E-state index in [0.717, 1.165) is 5.82 Å². The van der Waals surface area contributed by atoms with Crippen molar-refractivity contribution in [3.63, 3.8) is 0 Å². The van der Waals surface area contributed by atoms with Crippen molar-refractivity contribution in [3.05, 3.63) is 42.2 Å². The molecule has 1 aliphatic rings. The minimum atomic E-state index is -0.383. The lowest BCUT2D eigenvalue weighted by atomic mass is 10.2. The first kappa shape index (κ1) is 15.3. The minimum absolute atomic E-state index is 0.383. The summed E-state index contributed by atoms with van der Waals surface area (Å²) in [5.74, 6) is 1.05. The van der Waals surface area contributed by atoms with Crippen molar-refractivity contribution in [3.8, 4) is 0 Å². The number of nitrogens with one attached hydrogen (secondary N) is 2. The number of aromatic nitrogens is 2. The second kappa shape index (κ2) is 7.09. The molecule has 0 spiro atoms. The molecule has 0 atom stereocenters. The molecule has 0 unspecified atom stereocenters. The van der Waals surface area contributed by atoms with Gasteiger partial charge in [-0.15, -0.1) is 0 Å². The van der Waals surface area contributed by atoms with Crippen molar-refractivity contribution in [2.24, 2.45) is 0 Å². The van der Waals surface area contributed by atoms with E-state index >= 15 is 0 Å². The summed E-state index contributed by atoms with van der Waals surface area (Å²) in [7, 11) is 1.37. The molecule has 2 N–H and O–H groups in total. The lowest BCUT2D eigenvalue weighted by Gasteiger charge is -2.14. The summed E-state index contributed by atoms with van der Waals surface area (Å²) in [6, 6.07) is 9.52. The van der Waals surface area contributed by atoms with Gasteiger partial charge in [0, 0.05) is 12.1 Å². The van der Waals surface area contributed by atoms with Crippen LogP contribution in [0.2, 0.25) is 0 Å². The number of hydrogen-bond acceptors (Lipinski definition) is 6. The highest BCUT2D eigenvalue weighted by molar-refractivity contribution is 5.96. The number of benzene rings is 1. The largest absolute Gasteiger partial charge is 0.465 e. The van der Waals surface area contributed by atoms with Gasteiger partial charge in [0.1, 0.15) is 18.0 Å². The van der Waals surface area contributed by atoms with E-state index in [1.54, 1.807) is 12.1 Å². The Morgan fingerprint density at radius 1 is 1.17 bits per heavy atom. The third-order valence-corrected chi connectivity index (χ3v) is 3.97. The fraction of sp³-hybridized carbons (Fsp3) is 0.353. The Morgan fingerprint density at radius 2 is 1.91 bits per heavy atom. The highest BCUT2D eigenvalue weighted by Gasteiger charge is 2.16. The van der Waals surface area contributed by atoms with Gasteiger partial charge in [0.15, 0.2) is 0 Å². The maximum Gasteiger partial charge on any atom is 0.339 e. The van der Waals surface area contributed by atoms with Crippen LogP contribution < -0.4 is 10.6 Å². The van der Waals surface area contributed by atoms with Gasteiger partial charge in [0.05, 0.1) is 18.4 Å². The number of carbonyl (C=O) groups excluding carboxylic acids is 1. The summed E-state index contributed by atoms with van der Waals surface area (Å²) in [5, 5.41) is 6.59. The summed E-state index contributed by atoms with van der Waals surface area (Å²) in [4.78, 5) is 20.3. The van der Waals surface area contributed by atoms with E-state index in [1.165, 1.54) is 39.1 Å². The molecule has 0 bridgehead atoms. The average molecular weight is 312 g/mol. The van der Waals surface area contributed by atoms with Crippen molar-refractivity contribution in [2.75, 3.05) is 17.7 Å². The van der Waals surface area contributed by atoms with Crippen molar-refractivity contribution >= 4 is 23.3 Å². The summed E-state index contributed by atoms with van der Waals surface area (Å²) >= 11 is 0. The molecular formula is C17H20N4O2. The maximum absolute atomic E-state index is 11.8. The van der Waals surface area contributed by atoms with Crippen LogP contribution in [0.5, 0.6) is 0 Å². The Morgan fingerprint density at radius 3 is 2.70 bits per heavy atom. The quantitative estimate of drug-likeness (QED) is 0.825. The number of esters is 1. The molecule has 0 amide bonds. The zero-order valence-electron chi connectivity index (χ0n) is 13.1. The van der Waals surface area contributed by atoms with E-state index in [9.17, 15) is 4.79 Å². The smallest absolute Gasteiger partial charge is 0.339 e. The van der Waals surface area contributed by atoms with Crippen LogP contribution in [0, 0.1) is 0 Å². The Kier molecular flexibility index (Phi) is 4.71. The van der Waals surface area contributed by atoms with Gasteiger partial charge in [-0.1, -0.05) is 25.0 Å². The molecule has 1 aromatic carbocycles. The number of rotatable bonds is 5. The van der Waals surface area contributed by atoms with E-state index in [2.05, 4.69) is 20.6 Å². The predicted octanol–water partition coefficient (Wildman–Crippen LogP) is 3.36. The standard InChI is InChI=1S/C17H20N4O2/c1-23-17(22)13-8-4-5-9-14(13)21-16-10-15(18-11-19-16)20-12-6-2-3-7-12/h4-5,8-12H,2-3,6-7H2,1H3,(H2,18,19,20,21). The molecule has 1 aromatic heterocycles. The molecule has 1 heterocycles. The van der Waals surface area contributed by atoms with Gasteiger partial charge in [-0.2, -0.15) is 0 Å². The Hall–Kier alpha value is -2.63. The third-order valence-electron chi connectivity index (χ3n) is 3.97. The molecular weight excluding hydrogens is 292 g/mol. The molecule has 120 valence electrons. The first-order valence-electron chi connectivity index (χ1n) is 7.79. The topological polar surface area (TPSA) is 76.1 Å². The Balaban J connectivity index is 1.76. The highest BCUT2D eigenvalue weighted by atomic mass is 16.5. The molecule has 23 heavy (non-hydrogen) atoms. The maximum atomic E-state index is 11.8. The van der Waals surface area contributed by atoms with Crippen molar-refractivity contribution in [2.45, 2.75) is 31.7 Å². The average Bonchev–Trinajstić information content (AvgIpc) is 3.08. The molecule has 0 aliphatic heterocycles. The van der Waals surface area contributed by atoms with Gasteiger partial charge >= 0.3 is 5.97 Å². The first-order chi connectivity index (χ1) is 11.3. The number of methoxy groups -OCH3 is 1. The van der Waals surface area contributed by atoms with E-state index < -0.39 is 0 Å². The first-order valence-corrected chi connectivity index (χ1v) is 7.79. The zero-order valence-corrected chi connectivity index (χ0v) is 13.1. The summed E-state index contributed by atoms with van der Waals surface area (Å²) in [6.45, 7) is 0. The van der Waals surface area contributed by atoms with Gasteiger partial charge in [-0.05, 0) is 25.0 Å². The summed E-state index contributed by atoms with van der Waals surface area (Å²) < 4.78 is 4.80. The molecule has 0 radical (unpaired) electrons. The van der Waals surface area contributed by atoms with Crippen LogP contribution in [-0.2, 0) is 4.74 Å². The van der Waals surface area contributed by atoms with Crippen molar-refractivity contribution < 1.29 is 9.53 Å². The number of carbonyl (C=O) groups is 1. The number of anilines is 3. The normalized spacial score (nSPS) is 14.5. The van der Waals surface area contributed by atoms with Crippen LogP contribution in [0.3, 0.4) is 0 Å². The van der Waals surface area contributed by atoms with Crippen LogP contribution in [0.15, 0.2) is 36.7 Å². The summed E-state index contributed by atoms with van der Waals surface area (Å²) in [6.07, 6.45) is 6.40.